The van der Waals surface area contributed by atoms with E-state index in [0.717, 1.165) is 11.8 Å². The molecule has 0 aromatic rings. The van der Waals surface area contributed by atoms with Gasteiger partial charge in [0.15, 0.2) is 0 Å². The summed E-state index contributed by atoms with van der Waals surface area (Å²) < 4.78 is 0. The van der Waals surface area contributed by atoms with Crippen molar-refractivity contribution in [1.82, 2.24) is 0 Å². The van der Waals surface area contributed by atoms with E-state index in [4.69, 9.17) is 5.73 Å². The average molecular weight is 251 g/mol. The molecule has 0 saturated heterocycles. The van der Waals surface area contributed by atoms with Crippen molar-refractivity contribution in [2.75, 3.05) is 0 Å². The lowest BCUT2D eigenvalue weighted by atomic mass is 9.60. The predicted molar refractivity (Wildman–Crippen MR) is 83.3 cm³/mol. The fraction of sp³-hybridized carbons (Fsp3) is 0.765. The summed E-state index contributed by atoms with van der Waals surface area (Å²) in [6.07, 6.45) is 10.1. The standard InChI is InChI=1S/C13H26.C4H7N/c1-5-11-9-8-10-13(4,7-3)12(11)6-2;1-3-4(2)5/h11-12H,5-10H2,1-4H3;3H,1-2,5H2. The van der Waals surface area contributed by atoms with Crippen molar-refractivity contribution in [2.45, 2.75) is 66.2 Å². The molecule has 1 saturated carbocycles. The van der Waals surface area contributed by atoms with E-state index in [1.54, 1.807) is 0 Å². The van der Waals surface area contributed by atoms with Crippen LogP contribution in [0.25, 0.3) is 0 Å². The molecule has 2 N–H and O–H groups in total. The van der Waals surface area contributed by atoms with Crippen molar-refractivity contribution >= 4 is 0 Å². The normalized spacial score (nSPS) is 31.1. The minimum absolute atomic E-state index is 0.519. The van der Waals surface area contributed by atoms with Gasteiger partial charge in [-0.25, -0.2) is 0 Å². The van der Waals surface area contributed by atoms with Gasteiger partial charge < -0.3 is 5.73 Å². The second-order valence-corrected chi connectivity index (χ2v) is 5.86. The molecule has 0 spiro atoms. The molecule has 0 heterocycles. The van der Waals surface area contributed by atoms with Crippen LogP contribution < -0.4 is 5.73 Å². The molecule has 0 aromatic carbocycles. The minimum atomic E-state index is 0.519. The predicted octanol–water partition coefficient (Wildman–Crippen LogP) is 5.28. The molecule has 0 amide bonds. The minimum Gasteiger partial charge on any atom is -0.399 e. The van der Waals surface area contributed by atoms with Crippen molar-refractivity contribution in [1.29, 1.82) is 0 Å². The van der Waals surface area contributed by atoms with Gasteiger partial charge in [0.2, 0.25) is 0 Å². The van der Waals surface area contributed by atoms with E-state index in [1.807, 2.05) is 0 Å². The van der Waals surface area contributed by atoms with E-state index >= 15 is 0 Å². The lowest BCUT2D eigenvalue weighted by Crippen LogP contribution is -2.36. The maximum absolute atomic E-state index is 4.98. The van der Waals surface area contributed by atoms with Crippen LogP contribution in [0.15, 0.2) is 24.9 Å². The van der Waals surface area contributed by atoms with Crippen LogP contribution in [0.2, 0.25) is 0 Å². The maximum atomic E-state index is 4.98. The Bertz CT molecular complexity index is 256. The van der Waals surface area contributed by atoms with Crippen LogP contribution in [0.5, 0.6) is 0 Å². The number of hydrogen-bond acceptors (Lipinski definition) is 1. The topological polar surface area (TPSA) is 26.0 Å². The molecule has 1 nitrogen and oxygen atoms in total. The Morgan fingerprint density at radius 3 is 2.22 bits per heavy atom. The van der Waals surface area contributed by atoms with Crippen LogP contribution in [0.1, 0.15) is 66.2 Å². The summed E-state index contributed by atoms with van der Waals surface area (Å²) in [6.45, 7) is 16.3. The van der Waals surface area contributed by atoms with Gasteiger partial charge in [0.05, 0.1) is 0 Å². The second-order valence-electron chi connectivity index (χ2n) is 5.86. The molecule has 1 rings (SSSR count). The third-order valence-electron chi connectivity index (χ3n) is 4.82. The molecule has 0 bridgehead atoms. The highest BCUT2D eigenvalue weighted by Gasteiger charge is 2.38. The zero-order chi connectivity index (χ0) is 14.2. The highest BCUT2D eigenvalue weighted by molar-refractivity contribution is 5.04. The lowest BCUT2D eigenvalue weighted by molar-refractivity contribution is 0.0482. The molecule has 0 radical (unpaired) electrons. The Morgan fingerprint density at radius 2 is 1.89 bits per heavy atom. The molecule has 18 heavy (non-hydrogen) atoms. The molecule has 1 aliphatic rings. The number of nitrogens with two attached hydrogens (primary N) is 1. The average Bonchev–Trinajstić information content (AvgIpc) is 2.38. The molecule has 106 valence electrons. The summed E-state index contributed by atoms with van der Waals surface area (Å²) in [5.41, 5.74) is 6.16. The highest BCUT2D eigenvalue weighted by Crippen LogP contribution is 2.48. The number of hydrogen-bond donors (Lipinski definition) is 1. The summed E-state index contributed by atoms with van der Waals surface area (Å²) >= 11 is 0. The zero-order valence-electron chi connectivity index (χ0n) is 13.0. The van der Waals surface area contributed by atoms with E-state index in [0.29, 0.717) is 11.1 Å². The molecule has 0 aromatic heterocycles. The van der Waals surface area contributed by atoms with Crippen LogP contribution in [0.4, 0.5) is 0 Å². The van der Waals surface area contributed by atoms with Gasteiger partial charge in [0.25, 0.3) is 0 Å². The van der Waals surface area contributed by atoms with Gasteiger partial charge in [-0.2, -0.15) is 0 Å². The molecule has 1 aliphatic carbocycles. The van der Waals surface area contributed by atoms with E-state index < -0.39 is 0 Å². The summed E-state index contributed by atoms with van der Waals surface area (Å²) in [7, 11) is 0. The molecule has 0 aliphatic heterocycles. The largest absolute Gasteiger partial charge is 0.399 e. The lowest BCUT2D eigenvalue weighted by Gasteiger charge is -2.45. The Morgan fingerprint density at radius 1 is 1.33 bits per heavy atom. The van der Waals surface area contributed by atoms with Crippen molar-refractivity contribution in [3.63, 3.8) is 0 Å². The quantitative estimate of drug-likeness (QED) is 0.675. The highest BCUT2D eigenvalue weighted by atomic mass is 14.5. The smallest absolute Gasteiger partial charge is 0.0234 e. The van der Waals surface area contributed by atoms with Crippen molar-refractivity contribution < 1.29 is 0 Å². The Balaban J connectivity index is 0.000000494. The monoisotopic (exact) mass is 251 g/mol. The summed E-state index contributed by atoms with van der Waals surface area (Å²) in [5.74, 6) is 2.01. The van der Waals surface area contributed by atoms with Gasteiger partial charge in [-0.15, -0.1) is 0 Å². The Kier molecular flexibility index (Phi) is 8.06. The molecule has 3 atom stereocenters. The SMILES string of the molecule is C=CC(=C)N.CCC1CCCC(C)(CC)C1CC. The van der Waals surface area contributed by atoms with E-state index in [9.17, 15) is 0 Å². The van der Waals surface area contributed by atoms with Crippen molar-refractivity contribution in [2.24, 2.45) is 23.0 Å². The zero-order valence-corrected chi connectivity index (χ0v) is 13.0. The van der Waals surface area contributed by atoms with Crippen LogP contribution in [0, 0.1) is 17.3 Å². The molecule has 1 heteroatoms. The first-order chi connectivity index (χ1) is 8.45. The Hall–Kier alpha value is -0.720. The second kappa shape index (κ2) is 8.39. The molecular formula is C17H33N. The fourth-order valence-corrected chi connectivity index (χ4v) is 3.48. The van der Waals surface area contributed by atoms with Gasteiger partial charge in [0.1, 0.15) is 0 Å². The molecule has 3 unspecified atom stereocenters. The molecule has 1 fully saturated rings. The van der Waals surface area contributed by atoms with Gasteiger partial charge in [0, 0.05) is 5.70 Å². The van der Waals surface area contributed by atoms with Crippen LogP contribution in [0.3, 0.4) is 0 Å². The van der Waals surface area contributed by atoms with E-state index in [1.165, 1.54) is 44.6 Å². The fourth-order valence-electron chi connectivity index (χ4n) is 3.48. The third-order valence-corrected chi connectivity index (χ3v) is 4.82. The number of allylic oxidation sites excluding steroid dienone is 1. The third kappa shape index (κ3) is 4.88. The first-order valence-electron chi connectivity index (χ1n) is 7.51. The van der Waals surface area contributed by atoms with Gasteiger partial charge in [-0.3, -0.25) is 0 Å². The van der Waals surface area contributed by atoms with Gasteiger partial charge >= 0.3 is 0 Å². The van der Waals surface area contributed by atoms with E-state index in [2.05, 4.69) is 40.9 Å². The summed E-state index contributed by atoms with van der Waals surface area (Å²) in [5, 5.41) is 0. The molecular weight excluding hydrogens is 218 g/mol. The number of rotatable bonds is 4. The van der Waals surface area contributed by atoms with Crippen LogP contribution in [-0.2, 0) is 0 Å². The van der Waals surface area contributed by atoms with E-state index in [-0.39, 0.29) is 0 Å². The van der Waals surface area contributed by atoms with Gasteiger partial charge in [-0.05, 0) is 29.7 Å². The Labute approximate surface area is 115 Å². The first-order valence-corrected chi connectivity index (χ1v) is 7.51. The van der Waals surface area contributed by atoms with Crippen molar-refractivity contribution in [3.05, 3.63) is 24.9 Å². The van der Waals surface area contributed by atoms with Crippen molar-refractivity contribution in [3.8, 4) is 0 Å². The summed E-state index contributed by atoms with van der Waals surface area (Å²) in [4.78, 5) is 0. The van der Waals surface area contributed by atoms with Gasteiger partial charge in [-0.1, -0.05) is 73.0 Å². The maximum Gasteiger partial charge on any atom is 0.0234 e. The van der Waals surface area contributed by atoms with Crippen LogP contribution >= 0.6 is 0 Å². The summed E-state index contributed by atoms with van der Waals surface area (Å²) in [6, 6.07) is 0. The first kappa shape index (κ1) is 17.3. The van der Waals surface area contributed by atoms with Crippen LogP contribution in [-0.4, -0.2) is 0 Å².